The molecule has 2 atom stereocenters. The number of aliphatic hydroxyl groups is 2. The predicted octanol–water partition coefficient (Wildman–Crippen LogP) is 2.33. The molecule has 136 valence electrons. The average molecular weight is 470 g/mol. The van der Waals surface area contributed by atoms with Crippen molar-refractivity contribution < 1.29 is 10.2 Å². The van der Waals surface area contributed by atoms with Crippen LogP contribution in [0, 0.1) is 13.8 Å². The molecule has 0 aromatic heterocycles. The van der Waals surface area contributed by atoms with Gasteiger partial charge >= 0.3 is 163 Å². The summed E-state index contributed by atoms with van der Waals surface area (Å²) in [5.41, 5.74) is 4.85. The average Bonchev–Trinajstić information content (AvgIpc) is 2.61. The van der Waals surface area contributed by atoms with Crippen LogP contribution < -0.4 is 8.92 Å². The summed E-state index contributed by atoms with van der Waals surface area (Å²) in [7, 11) is 0. The standard InChI is InChI=1S/C21H28O2Se2/c1-5-17(22)13-16-11-14(3)7-9-20(16)24-25-21-10-8-15(4)12-18(21)19(23)6-2/h7-12,17,19,22-23H,5-6,13H2,1-4H3. The monoisotopic (exact) mass is 472 g/mol. The number of benzene rings is 2. The fraction of sp³-hybridized carbons (Fsp3) is 0.429. The van der Waals surface area contributed by atoms with Gasteiger partial charge in [-0.1, -0.05) is 0 Å². The summed E-state index contributed by atoms with van der Waals surface area (Å²) in [6.07, 6.45) is 1.64. The fourth-order valence-electron chi connectivity index (χ4n) is 2.66. The molecule has 2 aromatic rings. The Bertz CT molecular complexity index is 700. The molecule has 0 saturated heterocycles. The fourth-order valence-corrected chi connectivity index (χ4v) is 10.1. The van der Waals surface area contributed by atoms with Gasteiger partial charge in [-0.25, -0.2) is 0 Å². The molecule has 0 heterocycles. The Labute approximate surface area is 162 Å². The first kappa shape index (κ1) is 20.7. The minimum absolute atomic E-state index is 0.263. The molecule has 2 aromatic carbocycles. The first-order valence-corrected chi connectivity index (χ1v) is 14.9. The third-order valence-corrected chi connectivity index (χ3v) is 11.6. The van der Waals surface area contributed by atoms with Crippen molar-refractivity contribution in [3.63, 3.8) is 0 Å². The molecule has 0 fully saturated rings. The van der Waals surface area contributed by atoms with Crippen LogP contribution in [-0.4, -0.2) is 42.6 Å². The molecule has 2 unspecified atom stereocenters. The van der Waals surface area contributed by atoms with Gasteiger partial charge in [0.15, 0.2) is 0 Å². The van der Waals surface area contributed by atoms with Crippen LogP contribution >= 0.6 is 0 Å². The molecular formula is C21H28O2Se2. The number of aliphatic hydroxyl groups excluding tert-OH is 2. The van der Waals surface area contributed by atoms with Crippen molar-refractivity contribution in [2.45, 2.75) is 59.2 Å². The second kappa shape index (κ2) is 9.92. The van der Waals surface area contributed by atoms with E-state index in [2.05, 4.69) is 50.2 Å². The van der Waals surface area contributed by atoms with Gasteiger partial charge in [-0.3, -0.25) is 0 Å². The Morgan fingerprint density at radius 1 is 0.840 bits per heavy atom. The molecule has 0 spiro atoms. The van der Waals surface area contributed by atoms with E-state index < -0.39 is 0 Å². The Morgan fingerprint density at radius 3 is 2.08 bits per heavy atom. The van der Waals surface area contributed by atoms with Gasteiger partial charge in [-0.2, -0.15) is 0 Å². The Kier molecular flexibility index (Phi) is 8.22. The molecule has 0 saturated carbocycles. The van der Waals surface area contributed by atoms with E-state index in [1.54, 1.807) is 0 Å². The van der Waals surface area contributed by atoms with Crippen LogP contribution in [0.3, 0.4) is 0 Å². The summed E-state index contributed by atoms with van der Waals surface area (Å²) in [5, 5.41) is 20.4. The van der Waals surface area contributed by atoms with E-state index in [1.807, 2.05) is 13.8 Å². The van der Waals surface area contributed by atoms with Gasteiger partial charge in [0.2, 0.25) is 0 Å². The van der Waals surface area contributed by atoms with E-state index in [4.69, 9.17) is 0 Å². The molecule has 0 radical (unpaired) electrons. The third kappa shape index (κ3) is 5.96. The number of rotatable bonds is 8. The van der Waals surface area contributed by atoms with E-state index in [-0.39, 0.29) is 12.2 Å². The molecule has 2 nitrogen and oxygen atoms in total. The van der Waals surface area contributed by atoms with E-state index in [1.165, 1.54) is 25.6 Å². The van der Waals surface area contributed by atoms with Crippen molar-refractivity contribution in [2.24, 2.45) is 0 Å². The van der Waals surface area contributed by atoms with Crippen LogP contribution in [0.25, 0.3) is 0 Å². The number of aryl methyl sites for hydroxylation is 2. The summed E-state index contributed by atoms with van der Waals surface area (Å²) in [4.78, 5) is 0. The third-order valence-electron chi connectivity index (χ3n) is 4.27. The van der Waals surface area contributed by atoms with Crippen LogP contribution in [0.15, 0.2) is 36.4 Å². The Hall–Kier alpha value is -0.601. The molecule has 0 aliphatic carbocycles. The molecule has 4 heteroatoms. The van der Waals surface area contributed by atoms with Crippen LogP contribution in [0.2, 0.25) is 0 Å². The summed E-state index contributed by atoms with van der Waals surface area (Å²) in [6, 6.07) is 13.1. The zero-order chi connectivity index (χ0) is 18.4. The minimum atomic E-state index is -0.369. The second-order valence-corrected chi connectivity index (χ2v) is 12.7. The van der Waals surface area contributed by atoms with E-state index in [0.717, 1.165) is 24.8 Å². The van der Waals surface area contributed by atoms with Gasteiger partial charge < -0.3 is 0 Å². The first-order valence-electron chi connectivity index (χ1n) is 8.85. The molecule has 2 rings (SSSR count). The SMILES string of the molecule is CCC(O)Cc1cc(C)ccc1[Se][Se]c1ccc(C)cc1C(O)CC. The molecule has 0 amide bonds. The topological polar surface area (TPSA) is 40.5 Å². The van der Waals surface area contributed by atoms with Crippen molar-refractivity contribution in [2.75, 3.05) is 0 Å². The van der Waals surface area contributed by atoms with Crippen molar-refractivity contribution >= 4 is 35.2 Å². The normalized spacial score (nSPS) is 13.7. The Morgan fingerprint density at radius 2 is 1.44 bits per heavy atom. The maximum atomic E-state index is 10.4. The van der Waals surface area contributed by atoms with Crippen LogP contribution in [0.1, 0.15) is 55.0 Å². The van der Waals surface area contributed by atoms with Gasteiger partial charge in [-0.15, -0.1) is 0 Å². The quantitative estimate of drug-likeness (QED) is 0.582. The van der Waals surface area contributed by atoms with Gasteiger partial charge in [0.25, 0.3) is 0 Å². The van der Waals surface area contributed by atoms with Gasteiger partial charge in [0.05, 0.1) is 0 Å². The van der Waals surface area contributed by atoms with Crippen molar-refractivity contribution in [3.05, 3.63) is 58.7 Å². The molecule has 0 bridgehead atoms. The summed E-state index contributed by atoms with van der Waals surface area (Å²) < 4.78 is 2.71. The first-order chi connectivity index (χ1) is 11.9. The molecule has 0 aliphatic heterocycles. The van der Waals surface area contributed by atoms with Gasteiger partial charge in [0, 0.05) is 0 Å². The summed E-state index contributed by atoms with van der Waals surface area (Å²) >= 11 is 0.675. The summed E-state index contributed by atoms with van der Waals surface area (Å²) in [5.74, 6) is 0. The second-order valence-electron chi connectivity index (χ2n) is 6.51. The molecular weight excluding hydrogens is 442 g/mol. The van der Waals surface area contributed by atoms with E-state index in [9.17, 15) is 10.2 Å². The molecule has 25 heavy (non-hydrogen) atoms. The van der Waals surface area contributed by atoms with Crippen LogP contribution in [0.5, 0.6) is 0 Å². The number of hydrogen-bond donors (Lipinski definition) is 2. The van der Waals surface area contributed by atoms with E-state index >= 15 is 0 Å². The Balaban J connectivity index is 2.22. The summed E-state index contributed by atoms with van der Waals surface area (Å²) in [6.45, 7) is 8.25. The van der Waals surface area contributed by atoms with Crippen molar-refractivity contribution in [1.29, 1.82) is 0 Å². The van der Waals surface area contributed by atoms with Gasteiger partial charge in [0.1, 0.15) is 0 Å². The number of hydrogen-bond acceptors (Lipinski definition) is 2. The van der Waals surface area contributed by atoms with E-state index in [0.29, 0.717) is 26.3 Å². The molecule has 2 N–H and O–H groups in total. The van der Waals surface area contributed by atoms with Crippen molar-refractivity contribution in [3.8, 4) is 0 Å². The van der Waals surface area contributed by atoms with Gasteiger partial charge in [-0.05, 0) is 0 Å². The van der Waals surface area contributed by atoms with Crippen LogP contribution in [0.4, 0.5) is 0 Å². The van der Waals surface area contributed by atoms with Crippen LogP contribution in [-0.2, 0) is 6.42 Å². The maximum absolute atomic E-state index is 10.4. The van der Waals surface area contributed by atoms with Crippen molar-refractivity contribution in [1.82, 2.24) is 0 Å². The predicted molar refractivity (Wildman–Crippen MR) is 108 cm³/mol. The molecule has 0 aliphatic rings. The zero-order valence-corrected chi connectivity index (χ0v) is 18.9. The zero-order valence-electron chi connectivity index (χ0n) is 15.5.